The van der Waals surface area contributed by atoms with Crippen LogP contribution in [0.2, 0.25) is 0 Å². The number of nitrogens with one attached hydrogen (secondary N) is 4. The van der Waals surface area contributed by atoms with E-state index in [4.69, 9.17) is 4.74 Å². The highest BCUT2D eigenvalue weighted by atomic mass is 16.6. The van der Waals surface area contributed by atoms with Crippen molar-refractivity contribution in [2.24, 2.45) is 11.8 Å². The number of aromatic nitrogens is 2. The number of fused-ring (bicyclic) bond motifs is 3. The van der Waals surface area contributed by atoms with E-state index in [0.717, 1.165) is 44.3 Å². The summed E-state index contributed by atoms with van der Waals surface area (Å²) in [4.78, 5) is 67.7. The number of carbonyl (C=O) groups is 4. The van der Waals surface area contributed by atoms with Crippen LogP contribution in [0.5, 0.6) is 0 Å². The number of amides is 4. The Morgan fingerprint density at radius 3 is 1.47 bits per heavy atom. The second kappa shape index (κ2) is 10.9. The van der Waals surface area contributed by atoms with Crippen molar-refractivity contribution in [1.29, 1.82) is 0 Å². The maximum Gasteiger partial charge on any atom is 0.278 e. The summed E-state index contributed by atoms with van der Waals surface area (Å²) in [5, 5.41) is 7.60. The van der Waals surface area contributed by atoms with Crippen molar-refractivity contribution in [3.8, 4) is 0 Å². The summed E-state index contributed by atoms with van der Waals surface area (Å²) < 4.78 is 6.75. The van der Waals surface area contributed by atoms with Crippen molar-refractivity contribution >= 4 is 57.6 Å². The summed E-state index contributed by atoms with van der Waals surface area (Å²) in [5.74, 6) is -2.81. The van der Waals surface area contributed by atoms with Crippen LogP contribution in [0, 0.1) is 11.8 Å². The van der Waals surface area contributed by atoms with Gasteiger partial charge in [0.2, 0.25) is 11.4 Å². The number of allylic oxidation sites excluding steroid dienone is 2. The Bertz CT molecular complexity index is 2250. The van der Waals surface area contributed by atoms with Crippen LogP contribution in [0.4, 0.5) is 0 Å². The van der Waals surface area contributed by atoms with Gasteiger partial charge in [-0.05, 0) is 37.1 Å². The van der Waals surface area contributed by atoms with Crippen molar-refractivity contribution in [3.05, 3.63) is 108 Å². The Kier molecular flexibility index (Phi) is 6.84. The van der Waals surface area contributed by atoms with Gasteiger partial charge in [0.1, 0.15) is 11.4 Å². The van der Waals surface area contributed by atoms with E-state index in [2.05, 4.69) is 33.8 Å². The van der Waals surface area contributed by atoms with Crippen LogP contribution in [0.1, 0.15) is 63.1 Å². The molecule has 0 aliphatic carbocycles. The molecule has 5 saturated heterocycles. The Morgan fingerprint density at radius 2 is 1.08 bits per heavy atom. The molecule has 2 spiro atoms. The minimum Gasteiger partial charge on any atom is -0.357 e. The zero-order valence-corrected chi connectivity index (χ0v) is 30.3. The van der Waals surface area contributed by atoms with Crippen LogP contribution in [0.3, 0.4) is 0 Å². The molecule has 9 rings (SSSR count). The molecule has 11 nitrogen and oxygen atoms in total. The number of hydrogen-bond donors (Lipinski definition) is 4. The molecule has 4 N–H and O–H groups in total. The Labute approximate surface area is 306 Å². The van der Waals surface area contributed by atoms with E-state index in [1.54, 1.807) is 12.2 Å². The van der Waals surface area contributed by atoms with E-state index < -0.39 is 57.7 Å². The van der Waals surface area contributed by atoms with Crippen molar-refractivity contribution in [2.45, 2.75) is 62.8 Å². The van der Waals surface area contributed by atoms with E-state index in [1.807, 2.05) is 88.4 Å². The number of rotatable bonds is 6. The van der Waals surface area contributed by atoms with Crippen LogP contribution in [0.15, 0.2) is 85.2 Å². The molecule has 0 bridgehead atoms. The molecule has 53 heavy (non-hydrogen) atoms. The van der Waals surface area contributed by atoms with Gasteiger partial charge in [-0.25, -0.2) is 0 Å². The maximum atomic E-state index is 14.5. The van der Waals surface area contributed by atoms with E-state index in [1.165, 1.54) is 9.80 Å². The molecule has 0 saturated carbocycles. The minimum absolute atomic E-state index is 0.119. The van der Waals surface area contributed by atoms with Crippen molar-refractivity contribution < 1.29 is 23.9 Å². The number of ether oxygens (including phenoxy) is 1. The lowest BCUT2D eigenvalue weighted by molar-refractivity contribution is -0.225. The van der Waals surface area contributed by atoms with Gasteiger partial charge in [0, 0.05) is 80.1 Å². The molecule has 7 heterocycles. The summed E-state index contributed by atoms with van der Waals surface area (Å²) in [6.07, 6.45) is 8.04. The van der Waals surface area contributed by atoms with E-state index in [-0.39, 0.29) is 24.5 Å². The third-order valence-corrected chi connectivity index (χ3v) is 12.4. The van der Waals surface area contributed by atoms with Gasteiger partial charge in [-0.2, -0.15) is 0 Å². The first kappa shape index (κ1) is 33.2. The monoisotopic (exact) mass is 710 g/mol. The first-order valence-corrected chi connectivity index (χ1v) is 18.2. The Balaban J connectivity index is 1.08. The molecule has 2 aromatic carbocycles. The normalized spacial score (nSPS) is 28.4. The number of aromatic amines is 2. The first-order chi connectivity index (χ1) is 25.3. The van der Waals surface area contributed by atoms with E-state index >= 15 is 0 Å². The van der Waals surface area contributed by atoms with Crippen LogP contribution >= 0.6 is 0 Å². The van der Waals surface area contributed by atoms with Crippen molar-refractivity contribution in [1.82, 2.24) is 30.4 Å². The quantitative estimate of drug-likeness (QED) is 0.158. The summed E-state index contributed by atoms with van der Waals surface area (Å²) in [6, 6.07) is 15.6. The van der Waals surface area contributed by atoms with Crippen LogP contribution in [0.25, 0.3) is 34.0 Å². The number of nitrogens with zero attached hydrogens (tertiary/aromatic N) is 2. The van der Waals surface area contributed by atoms with Crippen molar-refractivity contribution in [2.75, 3.05) is 13.1 Å². The number of hydrogen-bond acceptors (Lipinski definition) is 5. The summed E-state index contributed by atoms with van der Waals surface area (Å²) >= 11 is 0. The first-order valence-electron chi connectivity index (χ1n) is 18.2. The molecule has 2 aromatic heterocycles. The predicted octanol–water partition coefficient (Wildman–Crippen LogP) is 5.34. The molecule has 4 atom stereocenters. The standard InChI is InChI=1S/C42H42N6O5/c1-7-39(3,4)33-25(23-13-9-11-15-29(23)43-33)21-31-35(49)47-19-17-27-28-18-20-48-36(50)32(46-38(52)42(28,48)53-41(27,47)37(51)45-31)22-26-24-14-10-12-16-30(24)44-34(26)40(5,6)8-2/h7-16,21-22,27-28,43-44H,1-2,17-20H2,3-6H3,(H,45,51)(H,46,52)/t27-,28-,41-,42-/m1/s1. The molecule has 4 amide bonds. The van der Waals surface area contributed by atoms with Gasteiger partial charge in [-0.15, -0.1) is 13.2 Å². The lowest BCUT2D eigenvalue weighted by Gasteiger charge is -2.45. The molecule has 0 radical (unpaired) electrons. The highest BCUT2D eigenvalue weighted by molar-refractivity contribution is 6.13. The Hall–Kier alpha value is -5.68. The molecule has 5 fully saturated rings. The van der Waals surface area contributed by atoms with Crippen LogP contribution in [-0.4, -0.2) is 67.9 Å². The lowest BCUT2D eigenvalue weighted by atomic mass is 9.79. The van der Waals surface area contributed by atoms with Crippen molar-refractivity contribution in [3.63, 3.8) is 0 Å². The maximum absolute atomic E-state index is 14.5. The lowest BCUT2D eigenvalue weighted by Crippen LogP contribution is -2.70. The predicted molar refractivity (Wildman–Crippen MR) is 201 cm³/mol. The van der Waals surface area contributed by atoms with Crippen LogP contribution in [-0.2, 0) is 34.7 Å². The largest absolute Gasteiger partial charge is 0.357 e. The molecule has 4 aromatic rings. The Morgan fingerprint density at radius 1 is 0.679 bits per heavy atom. The molecule has 11 heteroatoms. The average Bonchev–Trinajstić information content (AvgIpc) is 3.94. The third-order valence-electron chi connectivity index (χ3n) is 12.4. The summed E-state index contributed by atoms with van der Waals surface area (Å²) in [6.45, 7) is 16.7. The molecule has 270 valence electrons. The number of benzene rings is 2. The van der Waals surface area contributed by atoms with Gasteiger partial charge >= 0.3 is 0 Å². The average molecular weight is 711 g/mol. The molecule has 5 aliphatic rings. The fraction of sp³-hybridized carbons (Fsp3) is 0.333. The molecule has 5 aliphatic heterocycles. The summed E-state index contributed by atoms with van der Waals surface area (Å²) in [5.41, 5.74) is 0.904. The molecular weight excluding hydrogens is 668 g/mol. The number of H-pyrrole nitrogens is 2. The fourth-order valence-electron chi connectivity index (χ4n) is 9.44. The van der Waals surface area contributed by atoms with Crippen LogP contribution < -0.4 is 10.6 Å². The SMILES string of the molecule is C=CC(C)(C)c1[nH]c2ccccc2c1C=C1NC(=O)[C@]23O[C@]45C(=O)NC(=Cc6c(C(C)(C)C=C)[nH]c7ccccc67)C(=O)N4CC[C@@H]5[C@H]2CCN3C1=O. The zero-order valence-electron chi connectivity index (χ0n) is 30.3. The van der Waals surface area contributed by atoms with Gasteiger partial charge in [-0.1, -0.05) is 76.2 Å². The number of carbonyl (C=O) groups excluding carboxylic acids is 4. The highest BCUT2D eigenvalue weighted by Gasteiger charge is 2.79. The third kappa shape index (κ3) is 4.25. The zero-order chi connectivity index (χ0) is 37.2. The number of piperazine rings is 2. The second-order valence-electron chi connectivity index (χ2n) is 16.0. The second-order valence-corrected chi connectivity index (χ2v) is 16.0. The fourth-order valence-corrected chi connectivity index (χ4v) is 9.44. The van der Waals surface area contributed by atoms with Gasteiger partial charge in [0.15, 0.2) is 0 Å². The minimum atomic E-state index is -1.74. The van der Waals surface area contributed by atoms with Gasteiger partial charge < -0.3 is 35.1 Å². The van der Waals surface area contributed by atoms with E-state index in [9.17, 15) is 19.2 Å². The summed E-state index contributed by atoms with van der Waals surface area (Å²) in [7, 11) is 0. The highest BCUT2D eigenvalue weighted by Crippen LogP contribution is 2.61. The molecular formula is C42H42N6O5. The van der Waals surface area contributed by atoms with Gasteiger partial charge in [-0.3, -0.25) is 19.2 Å². The smallest absolute Gasteiger partial charge is 0.278 e. The molecule has 0 unspecified atom stereocenters. The van der Waals surface area contributed by atoms with E-state index in [0.29, 0.717) is 12.8 Å². The van der Waals surface area contributed by atoms with Gasteiger partial charge in [0.05, 0.1) is 0 Å². The topological polar surface area (TPSA) is 140 Å². The number of para-hydroxylation sites is 2. The van der Waals surface area contributed by atoms with Gasteiger partial charge in [0.25, 0.3) is 23.6 Å².